The normalized spacial score (nSPS) is 10.4. The third-order valence-corrected chi connectivity index (χ3v) is 0.902. The Hall–Kier alpha value is -1.59. The van der Waals surface area contributed by atoms with Gasteiger partial charge in [0.05, 0.1) is 14.2 Å². The number of hydrogen-bond acceptors (Lipinski definition) is 4. The van der Waals surface area contributed by atoms with Crippen LogP contribution in [-0.4, -0.2) is 32.2 Å². The summed E-state index contributed by atoms with van der Waals surface area (Å²) in [7, 11) is 2.40. The minimum absolute atomic E-state index is 0.119. The number of nitrogens with zero attached hydrogens (tertiary/aromatic N) is 1. The molecule has 12 heavy (non-hydrogen) atoms. The maximum Gasteiger partial charge on any atom is 0.434 e. The van der Waals surface area contributed by atoms with Crippen LogP contribution in [0.15, 0.2) is 4.99 Å². The summed E-state index contributed by atoms with van der Waals surface area (Å²) in [4.78, 5) is 24.3. The molecular formula is C6H10N2O4. The van der Waals surface area contributed by atoms with Gasteiger partial charge in [-0.25, -0.2) is 9.59 Å². The molecule has 1 N–H and O–H groups in total. The Morgan fingerprint density at radius 1 is 1.25 bits per heavy atom. The number of amides is 2. The monoisotopic (exact) mass is 174 g/mol. The molecule has 0 fully saturated rings. The smallest absolute Gasteiger partial charge is 0.434 e. The first-order valence-electron chi connectivity index (χ1n) is 3.08. The molecule has 6 nitrogen and oxygen atoms in total. The van der Waals surface area contributed by atoms with Crippen molar-refractivity contribution >= 4 is 18.0 Å². The highest BCUT2D eigenvalue weighted by Crippen LogP contribution is 1.82. The van der Waals surface area contributed by atoms with Gasteiger partial charge in [-0.1, -0.05) is 0 Å². The first-order valence-corrected chi connectivity index (χ1v) is 3.08. The Bertz CT molecular complexity index is 212. The van der Waals surface area contributed by atoms with Crippen LogP contribution in [0.1, 0.15) is 6.92 Å². The number of alkyl carbamates (subject to hydrolysis) is 1. The Morgan fingerprint density at radius 2 is 1.83 bits per heavy atom. The van der Waals surface area contributed by atoms with Crippen LogP contribution in [0.3, 0.4) is 0 Å². The molecule has 0 heterocycles. The molecule has 0 aromatic rings. The average Bonchev–Trinajstić information content (AvgIpc) is 2.03. The first-order chi connectivity index (χ1) is 5.60. The molecule has 0 saturated carbocycles. The van der Waals surface area contributed by atoms with Gasteiger partial charge in [-0.05, 0) is 6.92 Å². The fraction of sp³-hybridized carbons (Fsp3) is 0.500. The molecule has 0 atom stereocenters. The van der Waals surface area contributed by atoms with Gasteiger partial charge in [-0.2, -0.15) is 4.99 Å². The molecule has 0 bridgehead atoms. The largest absolute Gasteiger partial charge is 0.453 e. The van der Waals surface area contributed by atoms with Crippen LogP contribution in [0.4, 0.5) is 9.59 Å². The van der Waals surface area contributed by atoms with Crippen LogP contribution >= 0.6 is 0 Å². The fourth-order valence-corrected chi connectivity index (χ4v) is 0.409. The van der Waals surface area contributed by atoms with E-state index < -0.39 is 12.2 Å². The molecule has 0 unspecified atom stereocenters. The highest BCUT2D eigenvalue weighted by Gasteiger charge is 2.02. The van der Waals surface area contributed by atoms with E-state index in [1.165, 1.54) is 21.1 Å². The van der Waals surface area contributed by atoms with Crippen LogP contribution in [0.2, 0.25) is 0 Å². The highest BCUT2D eigenvalue weighted by molar-refractivity contribution is 5.98. The van der Waals surface area contributed by atoms with Gasteiger partial charge in [-0.3, -0.25) is 5.32 Å². The summed E-state index contributed by atoms with van der Waals surface area (Å²) >= 11 is 0. The van der Waals surface area contributed by atoms with Gasteiger partial charge in [-0.15, -0.1) is 0 Å². The lowest BCUT2D eigenvalue weighted by Crippen LogP contribution is -2.28. The number of methoxy groups -OCH3 is 2. The lowest BCUT2D eigenvalue weighted by Gasteiger charge is -2.00. The van der Waals surface area contributed by atoms with E-state index in [2.05, 4.69) is 19.8 Å². The van der Waals surface area contributed by atoms with Crippen molar-refractivity contribution in [1.29, 1.82) is 0 Å². The Balaban J connectivity index is 4.02. The standard InChI is InChI=1S/C6H10N2O4/c1-4(7-5(9)11-2)8-6(10)12-3/h1-3H3,(H,7,8,9,10). The summed E-state index contributed by atoms with van der Waals surface area (Å²) in [6.45, 7) is 1.44. The van der Waals surface area contributed by atoms with Crippen molar-refractivity contribution in [1.82, 2.24) is 5.32 Å². The zero-order valence-corrected chi connectivity index (χ0v) is 7.08. The zero-order chi connectivity index (χ0) is 9.56. The van der Waals surface area contributed by atoms with Gasteiger partial charge >= 0.3 is 12.2 Å². The van der Waals surface area contributed by atoms with Crippen molar-refractivity contribution in [2.75, 3.05) is 14.2 Å². The number of carbonyl (C=O) groups excluding carboxylic acids is 2. The predicted octanol–water partition coefficient (Wildman–Crippen LogP) is 0.527. The van der Waals surface area contributed by atoms with Gasteiger partial charge in [0.1, 0.15) is 5.84 Å². The number of nitrogens with one attached hydrogen (secondary N) is 1. The Morgan fingerprint density at radius 3 is 2.25 bits per heavy atom. The van der Waals surface area contributed by atoms with E-state index in [4.69, 9.17) is 0 Å². The second-order valence-electron chi connectivity index (χ2n) is 1.78. The maximum absolute atomic E-state index is 10.5. The summed E-state index contributed by atoms with van der Waals surface area (Å²) in [5.74, 6) is 0.119. The van der Waals surface area contributed by atoms with Gasteiger partial charge in [0.2, 0.25) is 0 Å². The Labute approximate surface area is 69.6 Å². The highest BCUT2D eigenvalue weighted by atomic mass is 16.5. The van der Waals surface area contributed by atoms with E-state index in [0.717, 1.165) is 0 Å². The van der Waals surface area contributed by atoms with Crippen molar-refractivity contribution in [2.24, 2.45) is 4.99 Å². The number of aliphatic imine (C=N–C) groups is 1. The molecule has 0 saturated heterocycles. The SMILES string of the molecule is COC(=O)N=C(C)NC(=O)OC. The summed E-state index contributed by atoms with van der Waals surface area (Å²) < 4.78 is 8.47. The minimum atomic E-state index is -0.774. The van der Waals surface area contributed by atoms with Crippen molar-refractivity contribution in [3.05, 3.63) is 0 Å². The molecule has 0 aromatic heterocycles. The van der Waals surface area contributed by atoms with Crippen LogP contribution in [-0.2, 0) is 9.47 Å². The topological polar surface area (TPSA) is 77.0 Å². The minimum Gasteiger partial charge on any atom is -0.453 e. The number of amidine groups is 1. The average molecular weight is 174 g/mol. The third-order valence-electron chi connectivity index (χ3n) is 0.902. The van der Waals surface area contributed by atoms with E-state index in [-0.39, 0.29) is 5.84 Å². The van der Waals surface area contributed by atoms with Gasteiger partial charge < -0.3 is 9.47 Å². The molecule has 68 valence electrons. The zero-order valence-electron chi connectivity index (χ0n) is 7.08. The van der Waals surface area contributed by atoms with Crippen LogP contribution < -0.4 is 5.32 Å². The van der Waals surface area contributed by atoms with Gasteiger partial charge in [0.25, 0.3) is 0 Å². The van der Waals surface area contributed by atoms with Crippen molar-refractivity contribution in [3.8, 4) is 0 Å². The summed E-state index contributed by atoms with van der Waals surface area (Å²) in [6.07, 6.45) is -1.45. The lowest BCUT2D eigenvalue weighted by atomic mass is 10.7. The number of hydrogen-bond donors (Lipinski definition) is 1. The number of ether oxygens (including phenoxy) is 2. The third kappa shape index (κ3) is 4.26. The molecule has 2 amide bonds. The second-order valence-corrected chi connectivity index (χ2v) is 1.78. The molecule has 0 radical (unpaired) electrons. The van der Waals surface area contributed by atoms with Crippen molar-refractivity contribution < 1.29 is 19.1 Å². The molecule has 0 aliphatic rings. The van der Waals surface area contributed by atoms with Crippen LogP contribution in [0.25, 0.3) is 0 Å². The first kappa shape index (κ1) is 10.4. The van der Waals surface area contributed by atoms with E-state index in [9.17, 15) is 9.59 Å². The fourth-order valence-electron chi connectivity index (χ4n) is 0.409. The number of rotatable bonds is 0. The molecule has 0 rings (SSSR count). The quantitative estimate of drug-likeness (QED) is 0.429. The van der Waals surface area contributed by atoms with Crippen LogP contribution in [0.5, 0.6) is 0 Å². The van der Waals surface area contributed by atoms with E-state index >= 15 is 0 Å². The second kappa shape index (κ2) is 5.11. The summed E-state index contributed by atoms with van der Waals surface area (Å²) in [6, 6.07) is 0. The van der Waals surface area contributed by atoms with E-state index in [0.29, 0.717) is 0 Å². The molecular weight excluding hydrogens is 164 g/mol. The molecule has 0 aliphatic heterocycles. The lowest BCUT2D eigenvalue weighted by molar-refractivity contribution is 0.176. The van der Waals surface area contributed by atoms with E-state index in [1.807, 2.05) is 0 Å². The molecule has 6 heteroatoms. The van der Waals surface area contributed by atoms with Crippen molar-refractivity contribution in [2.45, 2.75) is 6.92 Å². The molecule has 0 aliphatic carbocycles. The predicted molar refractivity (Wildman–Crippen MR) is 41.1 cm³/mol. The van der Waals surface area contributed by atoms with Crippen molar-refractivity contribution in [3.63, 3.8) is 0 Å². The molecule has 0 spiro atoms. The number of carbonyl (C=O) groups is 2. The molecule has 0 aromatic carbocycles. The van der Waals surface area contributed by atoms with Crippen LogP contribution in [0, 0.1) is 0 Å². The summed E-state index contributed by atoms with van der Waals surface area (Å²) in [5, 5.41) is 2.18. The van der Waals surface area contributed by atoms with Gasteiger partial charge in [0, 0.05) is 0 Å². The van der Waals surface area contributed by atoms with E-state index in [1.54, 1.807) is 0 Å². The Kier molecular flexibility index (Phi) is 4.43. The van der Waals surface area contributed by atoms with Gasteiger partial charge in [0.15, 0.2) is 0 Å². The summed E-state index contributed by atoms with van der Waals surface area (Å²) in [5.41, 5.74) is 0. The maximum atomic E-state index is 10.5.